The minimum Gasteiger partial charge on any atom is -0.478 e. The largest absolute Gasteiger partial charge is 0.478 e. The highest BCUT2D eigenvalue weighted by Gasteiger charge is 2.17. The average Bonchev–Trinajstić information content (AvgIpc) is 2.29. The molecule has 1 N–H and O–H groups in total. The van der Waals surface area contributed by atoms with Crippen LogP contribution in [0.5, 0.6) is 0 Å². The first-order valence-electron chi connectivity index (χ1n) is 4.69. The van der Waals surface area contributed by atoms with Crippen molar-refractivity contribution >= 4 is 23.4 Å². The topological polar surface area (TPSA) is 89.7 Å². The van der Waals surface area contributed by atoms with Crippen molar-refractivity contribution in [2.45, 2.75) is 4.90 Å². The number of aromatic carboxylic acids is 1. The molecule has 0 aliphatic heterocycles. The molecule has 0 saturated heterocycles. The van der Waals surface area contributed by atoms with Crippen LogP contribution in [0.25, 0.3) is 0 Å². The van der Waals surface area contributed by atoms with Crippen molar-refractivity contribution in [2.24, 2.45) is 0 Å². The number of benzene rings is 1. The van der Waals surface area contributed by atoms with Crippen LogP contribution in [-0.4, -0.2) is 35.5 Å². The summed E-state index contributed by atoms with van der Waals surface area (Å²) in [6.45, 7) is 0.475. The third kappa shape index (κ3) is 3.72. The van der Waals surface area contributed by atoms with Crippen LogP contribution in [0.15, 0.2) is 23.1 Å². The average molecular weight is 257 g/mol. The lowest BCUT2D eigenvalue weighted by Crippen LogP contribution is -2.00. The Kier molecular flexibility index (Phi) is 4.92. The van der Waals surface area contributed by atoms with E-state index in [1.807, 2.05) is 0 Å². The van der Waals surface area contributed by atoms with E-state index in [-0.39, 0.29) is 11.3 Å². The predicted molar refractivity (Wildman–Crippen MR) is 62.7 cm³/mol. The molecule has 0 fully saturated rings. The van der Waals surface area contributed by atoms with Crippen LogP contribution < -0.4 is 0 Å². The number of nitro benzene ring substituents is 1. The van der Waals surface area contributed by atoms with Crippen LogP contribution in [0.2, 0.25) is 0 Å². The normalized spacial score (nSPS) is 10.2. The van der Waals surface area contributed by atoms with Crippen molar-refractivity contribution in [3.05, 3.63) is 33.9 Å². The number of thioether (sulfide) groups is 1. The van der Waals surface area contributed by atoms with Gasteiger partial charge >= 0.3 is 5.97 Å². The van der Waals surface area contributed by atoms with Gasteiger partial charge in [-0.15, -0.1) is 11.8 Å². The number of methoxy groups -OCH3 is 1. The summed E-state index contributed by atoms with van der Waals surface area (Å²) in [6, 6.07) is 3.86. The summed E-state index contributed by atoms with van der Waals surface area (Å²) in [4.78, 5) is 21.4. The first-order chi connectivity index (χ1) is 8.06. The van der Waals surface area contributed by atoms with Gasteiger partial charge < -0.3 is 9.84 Å². The zero-order valence-electron chi connectivity index (χ0n) is 9.08. The Morgan fingerprint density at radius 2 is 2.29 bits per heavy atom. The van der Waals surface area contributed by atoms with Gasteiger partial charge in [0.25, 0.3) is 5.69 Å². The predicted octanol–water partition coefficient (Wildman–Crippen LogP) is 2.03. The molecule has 1 rings (SSSR count). The monoisotopic (exact) mass is 257 g/mol. The fraction of sp³-hybridized carbons (Fsp3) is 0.300. The molecular formula is C10H11NO5S. The molecule has 1 aromatic carbocycles. The lowest BCUT2D eigenvalue weighted by Gasteiger charge is -2.03. The first-order valence-corrected chi connectivity index (χ1v) is 5.68. The molecule has 0 heterocycles. The number of carboxylic acids is 1. The quantitative estimate of drug-likeness (QED) is 0.363. The van der Waals surface area contributed by atoms with Crippen LogP contribution in [-0.2, 0) is 4.74 Å². The summed E-state index contributed by atoms with van der Waals surface area (Å²) in [7, 11) is 1.54. The molecule has 0 aromatic heterocycles. The Bertz CT molecular complexity index is 435. The van der Waals surface area contributed by atoms with E-state index >= 15 is 0 Å². The highest BCUT2D eigenvalue weighted by molar-refractivity contribution is 7.99. The maximum atomic E-state index is 10.8. The maximum Gasteiger partial charge on any atom is 0.335 e. The van der Waals surface area contributed by atoms with Gasteiger partial charge in [-0.05, 0) is 12.1 Å². The number of ether oxygens (including phenoxy) is 1. The zero-order chi connectivity index (χ0) is 12.8. The summed E-state index contributed by atoms with van der Waals surface area (Å²) in [5.74, 6) is -0.606. The number of carboxylic acid groups (broad SMARTS) is 1. The SMILES string of the molecule is COCCSc1ccc(C(=O)O)cc1[N+](=O)[O-]. The Hall–Kier alpha value is -1.60. The molecule has 0 aliphatic carbocycles. The molecular weight excluding hydrogens is 246 g/mol. The number of hydrogen-bond donors (Lipinski definition) is 1. The second-order valence-electron chi connectivity index (χ2n) is 3.09. The summed E-state index contributed by atoms with van der Waals surface area (Å²) in [5, 5.41) is 19.5. The van der Waals surface area contributed by atoms with Gasteiger partial charge in [0.2, 0.25) is 0 Å². The number of nitro groups is 1. The van der Waals surface area contributed by atoms with Gasteiger partial charge in [-0.25, -0.2) is 4.79 Å². The van der Waals surface area contributed by atoms with Crippen LogP contribution in [0.3, 0.4) is 0 Å². The van der Waals surface area contributed by atoms with Gasteiger partial charge in [-0.2, -0.15) is 0 Å². The number of hydrogen-bond acceptors (Lipinski definition) is 5. The van der Waals surface area contributed by atoms with Crippen molar-refractivity contribution < 1.29 is 19.6 Å². The van der Waals surface area contributed by atoms with E-state index in [0.717, 1.165) is 6.07 Å². The molecule has 7 heteroatoms. The molecule has 17 heavy (non-hydrogen) atoms. The van der Waals surface area contributed by atoms with Gasteiger partial charge in [0.15, 0.2) is 0 Å². The molecule has 0 saturated carbocycles. The van der Waals surface area contributed by atoms with Gasteiger partial charge in [0.05, 0.1) is 22.0 Å². The Morgan fingerprint density at radius 1 is 1.59 bits per heavy atom. The maximum absolute atomic E-state index is 10.8. The minimum atomic E-state index is -1.18. The third-order valence-corrected chi connectivity index (χ3v) is 2.97. The summed E-state index contributed by atoms with van der Waals surface area (Å²) in [6.07, 6.45) is 0. The van der Waals surface area contributed by atoms with E-state index in [9.17, 15) is 14.9 Å². The molecule has 0 radical (unpaired) electrons. The van der Waals surface area contributed by atoms with E-state index in [2.05, 4.69) is 0 Å². The van der Waals surface area contributed by atoms with Gasteiger partial charge in [0.1, 0.15) is 0 Å². The van der Waals surface area contributed by atoms with Gasteiger partial charge in [0, 0.05) is 18.9 Å². The van der Waals surface area contributed by atoms with E-state index in [4.69, 9.17) is 9.84 Å². The minimum absolute atomic E-state index is 0.0900. The Morgan fingerprint density at radius 3 is 2.82 bits per heavy atom. The molecule has 0 aliphatic rings. The number of carbonyl (C=O) groups is 1. The second-order valence-corrected chi connectivity index (χ2v) is 4.22. The van der Waals surface area contributed by atoms with Gasteiger partial charge in [-0.3, -0.25) is 10.1 Å². The van der Waals surface area contributed by atoms with Gasteiger partial charge in [-0.1, -0.05) is 0 Å². The van der Waals surface area contributed by atoms with E-state index in [1.54, 1.807) is 7.11 Å². The highest BCUT2D eigenvalue weighted by Crippen LogP contribution is 2.29. The van der Waals surface area contributed by atoms with Crippen LogP contribution >= 0.6 is 11.8 Å². The fourth-order valence-electron chi connectivity index (χ4n) is 1.15. The summed E-state index contributed by atoms with van der Waals surface area (Å²) >= 11 is 1.26. The smallest absolute Gasteiger partial charge is 0.335 e. The van der Waals surface area contributed by atoms with Crippen molar-refractivity contribution in [1.82, 2.24) is 0 Å². The summed E-state index contributed by atoms with van der Waals surface area (Å²) in [5.41, 5.74) is -0.279. The number of rotatable bonds is 6. The van der Waals surface area contributed by atoms with E-state index in [1.165, 1.54) is 23.9 Å². The first kappa shape index (κ1) is 13.5. The second kappa shape index (κ2) is 6.21. The van der Waals surface area contributed by atoms with Crippen molar-refractivity contribution in [2.75, 3.05) is 19.5 Å². The molecule has 0 unspecified atom stereocenters. The Balaban J connectivity index is 2.96. The molecule has 6 nitrogen and oxygen atoms in total. The van der Waals surface area contributed by atoms with Crippen molar-refractivity contribution in [3.8, 4) is 0 Å². The lowest BCUT2D eigenvalue weighted by molar-refractivity contribution is -0.387. The van der Waals surface area contributed by atoms with Crippen LogP contribution in [0.4, 0.5) is 5.69 Å². The fourth-order valence-corrected chi connectivity index (χ4v) is 2.07. The molecule has 0 spiro atoms. The van der Waals surface area contributed by atoms with E-state index in [0.29, 0.717) is 17.3 Å². The molecule has 92 valence electrons. The molecule has 0 amide bonds. The standard InChI is InChI=1S/C10H11NO5S/c1-16-4-5-17-9-3-2-7(10(12)13)6-8(9)11(14)15/h2-3,6H,4-5H2,1H3,(H,12,13). The van der Waals surface area contributed by atoms with Crippen LogP contribution in [0, 0.1) is 10.1 Å². The zero-order valence-corrected chi connectivity index (χ0v) is 9.90. The lowest BCUT2D eigenvalue weighted by atomic mass is 10.2. The van der Waals surface area contributed by atoms with Crippen molar-refractivity contribution in [1.29, 1.82) is 0 Å². The molecule has 0 atom stereocenters. The van der Waals surface area contributed by atoms with Crippen molar-refractivity contribution in [3.63, 3.8) is 0 Å². The third-order valence-electron chi connectivity index (χ3n) is 1.95. The van der Waals surface area contributed by atoms with E-state index < -0.39 is 10.9 Å². The Labute approximate surface area is 102 Å². The van der Waals surface area contributed by atoms with Crippen LogP contribution in [0.1, 0.15) is 10.4 Å². The highest BCUT2D eigenvalue weighted by atomic mass is 32.2. The molecule has 1 aromatic rings. The summed E-state index contributed by atoms with van der Waals surface area (Å²) < 4.78 is 4.84. The number of nitrogens with zero attached hydrogens (tertiary/aromatic N) is 1. The molecule has 0 bridgehead atoms.